The van der Waals surface area contributed by atoms with Gasteiger partial charge in [0.25, 0.3) is 5.91 Å². The fourth-order valence-electron chi connectivity index (χ4n) is 2.50. The molecule has 134 valence electrons. The van der Waals surface area contributed by atoms with E-state index in [0.29, 0.717) is 22.3 Å². The molecule has 8 heteroatoms. The second-order valence-corrected chi connectivity index (χ2v) is 5.57. The van der Waals surface area contributed by atoms with Crippen molar-refractivity contribution < 1.29 is 18.4 Å². The summed E-state index contributed by atoms with van der Waals surface area (Å²) >= 11 is 0. The van der Waals surface area contributed by atoms with E-state index in [0.717, 1.165) is 6.07 Å². The molecular weight excluding hydrogens is 350 g/mol. The van der Waals surface area contributed by atoms with Crippen molar-refractivity contribution in [2.24, 2.45) is 0 Å². The number of rotatable bonds is 4. The van der Waals surface area contributed by atoms with Crippen LogP contribution >= 0.6 is 0 Å². The number of nitrogens with one attached hydrogen (secondary N) is 1. The Morgan fingerprint density at radius 3 is 2.59 bits per heavy atom. The molecule has 0 spiro atoms. The van der Waals surface area contributed by atoms with Gasteiger partial charge in [0, 0.05) is 11.6 Å². The SMILES string of the molecule is COc1ccc(-c2nnc(NC(=O)c3cc(=O)c4ccccc4o3)o2)cc1. The zero-order valence-corrected chi connectivity index (χ0v) is 14.1. The van der Waals surface area contributed by atoms with Gasteiger partial charge in [-0.05, 0) is 36.4 Å². The van der Waals surface area contributed by atoms with Crippen LogP contribution in [0.5, 0.6) is 5.75 Å². The molecule has 8 nitrogen and oxygen atoms in total. The number of aromatic nitrogens is 2. The van der Waals surface area contributed by atoms with E-state index in [4.69, 9.17) is 13.6 Å². The number of fused-ring (bicyclic) bond motifs is 1. The third kappa shape index (κ3) is 3.28. The van der Waals surface area contributed by atoms with Gasteiger partial charge >= 0.3 is 6.01 Å². The number of hydrogen-bond donors (Lipinski definition) is 1. The van der Waals surface area contributed by atoms with Crippen LogP contribution in [0, 0.1) is 0 Å². The lowest BCUT2D eigenvalue weighted by molar-refractivity contribution is 0.0994. The molecule has 1 amide bonds. The Bertz CT molecular complexity index is 1180. The lowest BCUT2D eigenvalue weighted by atomic mass is 10.2. The average molecular weight is 363 g/mol. The molecule has 0 saturated carbocycles. The molecule has 4 rings (SSSR count). The summed E-state index contributed by atoms with van der Waals surface area (Å²) in [5, 5.41) is 10.5. The van der Waals surface area contributed by atoms with Crippen LogP contribution in [0.3, 0.4) is 0 Å². The van der Waals surface area contributed by atoms with Crippen LogP contribution in [-0.2, 0) is 0 Å². The normalized spacial score (nSPS) is 10.7. The number of hydrogen-bond acceptors (Lipinski definition) is 7. The van der Waals surface area contributed by atoms with Crippen molar-refractivity contribution in [3.63, 3.8) is 0 Å². The summed E-state index contributed by atoms with van der Waals surface area (Å²) < 4.78 is 16.0. The summed E-state index contributed by atoms with van der Waals surface area (Å²) in [5.74, 6) is 0.108. The van der Waals surface area contributed by atoms with Gasteiger partial charge in [-0.2, -0.15) is 0 Å². The first-order valence-electron chi connectivity index (χ1n) is 7.96. The first-order chi connectivity index (χ1) is 13.1. The molecule has 0 atom stereocenters. The Morgan fingerprint density at radius 1 is 1.04 bits per heavy atom. The van der Waals surface area contributed by atoms with Gasteiger partial charge in [0.15, 0.2) is 11.2 Å². The molecule has 0 fully saturated rings. The lowest BCUT2D eigenvalue weighted by Gasteiger charge is -2.02. The lowest BCUT2D eigenvalue weighted by Crippen LogP contribution is -2.15. The zero-order valence-electron chi connectivity index (χ0n) is 14.1. The molecule has 0 aliphatic heterocycles. The van der Waals surface area contributed by atoms with Crippen LogP contribution in [0.25, 0.3) is 22.4 Å². The molecule has 0 aliphatic rings. The number of carbonyl (C=O) groups is 1. The summed E-state index contributed by atoms with van der Waals surface area (Å²) in [5.41, 5.74) is 0.673. The minimum absolute atomic E-state index is 0.110. The maximum atomic E-state index is 12.4. The second kappa shape index (κ2) is 6.75. The Balaban J connectivity index is 1.56. The summed E-state index contributed by atoms with van der Waals surface area (Å²) in [7, 11) is 1.57. The molecule has 27 heavy (non-hydrogen) atoms. The second-order valence-electron chi connectivity index (χ2n) is 5.57. The standard InChI is InChI=1S/C19H13N3O5/c1-25-12-8-6-11(7-9-12)18-21-22-19(27-18)20-17(24)16-10-14(23)13-4-2-3-5-15(13)26-16/h2-10H,1H3,(H,20,22,24). The van der Waals surface area contributed by atoms with E-state index >= 15 is 0 Å². The van der Waals surface area contributed by atoms with Gasteiger partial charge in [-0.15, -0.1) is 5.10 Å². The molecule has 2 aromatic heterocycles. The highest BCUT2D eigenvalue weighted by Crippen LogP contribution is 2.22. The van der Waals surface area contributed by atoms with Gasteiger partial charge < -0.3 is 13.6 Å². The number of amides is 1. The molecule has 4 aromatic rings. The topological polar surface area (TPSA) is 107 Å². The minimum atomic E-state index is -0.664. The smallest absolute Gasteiger partial charge is 0.322 e. The van der Waals surface area contributed by atoms with Crippen molar-refractivity contribution in [3.8, 4) is 17.2 Å². The van der Waals surface area contributed by atoms with Crippen molar-refractivity contribution in [3.05, 3.63) is 70.6 Å². The Kier molecular flexibility index (Phi) is 4.13. The molecule has 2 aromatic carbocycles. The van der Waals surface area contributed by atoms with Gasteiger partial charge in [0.2, 0.25) is 5.89 Å². The Morgan fingerprint density at radius 2 is 1.81 bits per heavy atom. The highest BCUT2D eigenvalue weighted by Gasteiger charge is 2.16. The molecule has 0 radical (unpaired) electrons. The molecule has 0 aliphatic carbocycles. The maximum Gasteiger partial charge on any atom is 0.322 e. The number of methoxy groups -OCH3 is 1. The van der Waals surface area contributed by atoms with Gasteiger partial charge in [-0.3, -0.25) is 14.9 Å². The molecule has 0 saturated heterocycles. The fraction of sp³-hybridized carbons (Fsp3) is 0.0526. The maximum absolute atomic E-state index is 12.4. The summed E-state index contributed by atoms with van der Waals surface area (Å²) in [6, 6.07) is 14.7. The third-order valence-electron chi connectivity index (χ3n) is 3.84. The predicted molar refractivity (Wildman–Crippen MR) is 96.7 cm³/mol. The summed E-state index contributed by atoms with van der Waals surface area (Å²) in [6.45, 7) is 0. The third-order valence-corrected chi connectivity index (χ3v) is 3.84. The van der Waals surface area contributed by atoms with Crippen LogP contribution in [0.15, 0.2) is 68.2 Å². The van der Waals surface area contributed by atoms with Gasteiger partial charge in [0.05, 0.1) is 12.5 Å². The average Bonchev–Trinajstić information content (AvgIpc) is 3.16. The minimum Gasteiger partial charge on any atom is -0.497 e. The van der Waals surface area contributed by atoms with Gasteiger partial charge in [-0.1, -0.05) is 17.2 Å². The van der Waals surface area contributed by atoms with E-state index in [-0.39, 0.29) is 23.1 Å². The zero-order chi connectivity index (χ0) is 18.8. The molecule has 2 heterocycles. The van der Waals surface area contributed by atoms with Crippen LogP contribution in [0.1, 0.15) is 10.6 Å². The van der Waals surface area contributed by atoms with E-state index in [9.17, 15) is 9.59 Å². The Hall–Kier alpha value is -3.94. The number of ether oxygens (including phenoxy) is 1. The number of anilines is 1. The number of benzene rings is 2. The van der Waals surface area contributed by atoms with Crippen molar-refractivity contribution in [1.82, 2.24) is 10.2 Å². The van der Waals surface area contributed by atoms with Crippen molar-refractivity contribution in [2.75, 3.05) is 12.4 Å². The van der Waals surface area contributed by atoms with Crippen LogP contribution in [0.2, 0.25) is 0 Å². The van der Waals surface area contributed by atoms with Crippen molar-refractivity contribution in [1.29, 1.82) is 0 Å². The van der Waals surface area contributed by atoms with E-state index in [1.165, 1.54) is 0 Å². The highest BCUT2D eigenvalue weighted by molar-refractivity contribution is 6.01. The van der Waals surface area contributed by atoms with E-state index in [1.807, 2.05) is 0 Å². The quantitative estimate of drug-likeness (QED) is 0.593. The number of carbonyl (C=O) groups excluding carboxylic acids is 1. The fourth-order valence-corrected chi connectivity index (χ4v) is 2.50. The molecule has 1 N–H and O–H groups in total. The Labute approximate surface area is 152 Å². The predicted octanol–water partition coefficient (Wildman–Crippen LogP) is 3.10. The van der Waals surface area contributed by atoms with Gasteiger partial charge in [0.1, 0.15) is 11.3 Å². The van der Waals surface area contributed by atoms with Crippen molar-refractivity contribution >= 4 is 22.9 Å². The first kappa shape index (κ1) is 16.5. The molecule has 0 unspecified atom stereocenters. The van der Waals surface area contributed by atoms with Crippen molar-refractivity contribution in [2.45, 2.75) is 0 Å². The van der Waals surface area contributed by atoms with E-state index in [1.54, 1.807) is 55.6 Å². The largest absolute Gasteiger partial charge is 0.497 e. The first-order valence-corrected chi connectivity index (χ1v) is 7.96. The monoisotopic (exact) mass is 363 g/mol. The molecular formula is C19H13N3O5. The van der Waals surface area contributed by atoms with E-state index < -0.39 is 5.91 Å². The number of para-hydroxylation sites is 1. The van der Waals surface area contributed by atoms with Crippen LogP contribution in [0.4, 0.5) is 6.01 Å². The van der Waals surface area contributed by atoms with Gasteiger partial charge in [-0.25, -0.2) is 0 Å². The summed E-state index contributed by atoms with van der Waals surface area (Å²) in [4.78, 5) is 24.4. The van der Waals surface area contributed by atoms with E-state index in [2.05, 4.69) is 15.5 Å². The number of nitrogens with zero attached hydrogens (tertiary/aromatic N) is 2. The summed E-state index contributed by atoms with van der Waals surface area (Å²) in [6.07, 6.45) is 0. The van der Waals surface area contributed by atoms with Crippen LogP contribution in [-0.4, -0.2) is 23.2 Å². The van der Waals surface area contributed by atoms with Crippen LogP contribution < -0.4 is 15.5 Å². The highest BCUT2D eigenvalue weighted by atomic mass is 16.5. The molecule has 0 bridgehead atoms.